The zero-order valence-electron chi connectivity index (χ0n) is 26.0. The van der Waals surface area contributed by atoms with E-state index in [1.165, 1.54) is 16.8 Å². The Morgan fingerprint density at radius 1 is 0.578 bits per heavy atom. The van der Waals surface area contributed by atoms with Crippen LogP contribution in [0.4, 0.5) is 28.4 Å². The third-order valence-corrected chi connectivity index (χ3v) is 9.41. The summed E-state index contributed by atoms with van der Waals surface area (Å²) in [7, 11) is 0. The van der Waals surface area contributed by atoms with E-state index in [9.17, 15) is 0 Å². The maximum atomic E-state index is 4.01. The molecule has 0 bridgehead atoms. The van der Waals surface area contributed by atoms with Gasteiger partial charge in [-0.25, -0.2) is 0 Å². The van der Waals surface area contributed by atoms with Crippen molar-refractivity contribution in [2.24, 2.45) is 5.92 Å². The molecule has 2 aliphatic rings. The molecule has 0 fully saturated rings. The van der Waals surface area contributed by atoms with Crippen LogP contribution in [0.2, 0.25) is 0 Å². The number of rotatable bonds is 8. The van der Waals surface area contributed by atoms with Crippen molar-refractivity contribution in [3.05, 3.63) is 187 Å². The molecule has 2 heteroatoms. The minimum Gasteiger partial charge on any atom is -0.311 e. The lowest BCUT2D eigenvalue weighted by Gasteiger charge is -2.35. The fraction of sp³-hybridized carbons (Fsp3) is 0.116. The zero-order chi connectivity index (χ0) is 31.0. The van der Waals surface area contributed by atoms with Crippen LogP contribution in [-0.4, -0.2) is 0 Å². The molecule has 45 heavy (non-hydrogen) atoms. The molecule has 0 aliphatic heterocycles. The van der Waals surface area contributed by atoms with Gasteiger partial charge in [0.1, 0.15) is 0 Å². The monoisotopic (exact) mass is 582 g/mol. The smallest absolute Gasteiger partial charge is 0.0467 e. The van der Waals surface area contributed by atoms with E-state index in [2.05, 4.69) is 182 Å². The van der Waals surface area contributed by atoms with Gasteiger partial charge in [0, 0.05) is 40.1 Å². The number of allylic oxidation sites excluding steroid dienone is 3. The molecule has 0 saturated heterocycles. The molecule has 0 N–H and O–H groups in total. The summed E-state index contributed by atoms with van der Waals surface area (Å²) in [5, 5.41) is 0. The second-order valence-corrected chi connectivity index (χ2v) is 12.4. The van der Waals surface area contributed by atoms with Crippen molar-refractivity contribution in [2.45, 2.75) is 25.2 Å². The van der Waals surface area contributed by atoms with Gasteiger partial charge in [-0.2, -0.15) is 0 Å². The highest BCUT2D eigenvalue weighted by molar-refractivity contribution is 5.79. The molecular weight excluding hydrogens is 544 g/mol. The van der Waals surface area contributed by atoms with Gasteiger partial charge in [-0.3, -0.25) is 0 Å². The Hall–Kier alpha value is -5.34. The summed E-state index contributed by atoms with van der Waals surface area (Å²) in [5.41, 5.74) is 11.8. The Morgan fingerprint density at radius 3 is 1.71 bits per heavy atom. The fourth-order valence-corrected chi connectivity index (χ4v) is 7.11. The number of benzene rings is 5. The molecule has 5 aromatic rings. The van der Waals surface area contributed by atoms with Gasteiger partial charge in [0.05, 0.1) is 0 Å². The average Bonchev–Trinajstić information content (AvgIpc) is 3.31. The van der Waals surface area contributed by atoms with Crippen LogP contribution in [0.1, 0.15) is 42.0 Å². The molecule has 2 aliphatic carbocycles. The quantitative estimate of drug-likeness (QED) is 0.180. The molecule has 7 rings (SSSR count). The van der Waals surface area contributed by atoms with E-state index in [4.69, 9.17) is 0 Å². The van der Waals surface area contributed by atoms with E-state index in [-0.39, 0.29) is 5.41 Å². The van der Waals surface area contributed by atoms with Gasteiger partial charge >= 0.3 is 0 Å². The largest absolute Gasteiger partial charge is 0.311 e. The standard InChI is InChI=1S/C43H38N2/c1-5-31-15-13-21-35(27-31)44(33-17-9-7-10-18-33)37-23-25-39-40-26-24-38(30-42(40)43(3,4)41(39)29-37)45(34-19-11-8-12-20-34)36-22-14-16-32(6-2)28-36/h5-30,39,41H,1-2H2,3-4H3. The lowest BCUT2D eigenvalue weighted by atomic mass is 9.74. The molecule has 0 radical (unpaired) electrons. The Bertz CT molecular complexity index is 1930. The third kappa shape index (κ3) is 5.13. The molecule has 0 aromatic heterocycles. The van der Waals surface area contributed by atoms with E-state index in [1.807, 2.05) is 12.2 Å². The number of nitrogens with zero attached hydrogens (tertiary/aromatic N) is 2. The third-order valence-electron chi connectivity index (χ3n) is 9.41. The summed E-state index contributed by atoms with van der Waals surface area (Å²) in [4.78, 5) is 4.72. The number of para-hydroxylation sites is 2. The Balaban J connectivity index is 1.31. The van der Waals surface area contributed by atoms with Crippen molar-refractivity contribution in [1.29, 1.82) is 0 Å². The van der Waals surface area contributed by atoms with Gasteiger partial charge in [0.15, 0.2) is 0 Å². The Morgan fingerprint density at radius 2 is 1.11 bits per heavy atom. The average molecular weight is 583 g/mol. The highest BCUT2D eigenvalue weighted by Gasteiger charge is 2.46. The van der Waals surface area contributed by atoms with Crippen LogP contribution in [0, 0.1) is 5.92 Å². The van der Waals surface area contributed by atoms with Gasteiger partial charge in [0.2, 0.25) is 0 Å². The maximum absolute atomic E-state index is 4.01. The summed E-state index contributed by atoms with van der Waals surface area (Å²) < 4.78 is 0. The Kier molecular flexibility index (Phi) is 7.35. The molecule has 0 saturated carbocycles. The van der Waals surface area contributed by atoms with Crippen LogP contribution in [-0.2, 0) is 5.41 Å². The molecule has 2 nitrogen and oxygen atoms in total. The van der Waals surface area contributed by atoms with Gasteiger partial charge in [-0.15, -0.1) is 0 Å². The maximum Gasteiger partial charge on any atom is 0.0467 e. The summed E-state index contributed by atoms with van der Waals surface area (Å²) in [5.74, 6) is 0.630. The number of hydrogen-bond acceptors (Lipinski definition) is 2. The second kappa shape index (κ2) is 11.6. The van der Waals surface area contributed by atoms with E-state index in [0.717, 1.165) is 39.6 Å². The van der Waals surface area contributed by atoms with Crippen molar-refractivity contribution >= 4 is 40.6 Å². The minimum atomic E-state index is -0.0807. The van der Waals surface area contributed by atoms with Crippen LogP contribution in [0.25, 0.3) is 12.2 Å². The first-order valence-corrected chi connectivity index (χ1v) is 15.7. The van der Waals surface area contributed by atoms with Gasteiger partial charge < -0.3 is 9.80 Å². The molecule has 2 atom stereocenters. The van der Waals surface area contributed by atoms with E-state index >= 15 is 0 Å². The number of anilines is 5. The molecular formula is C43H38N2. The normalized spacial score (nSPS) is 17.5. The second-order valence-electron chi connectivity index (χ2n) is 12.4. The van der Waals surface area contributed by atoms with Gasteiger partial charge in [0.25, 0.3) is 0 Å². The van der Waals surface area contributed by atoms with Crippen molar-refractivity contribution in [3.8, 4) is 0 Å². The van der Waals surface area contributed by atoms with E-state index in [0.29, 0.717) is 11.8 Å². The molecule has 0 heterocycles. The van der Waals surface area contributed by atoms with Crippen LogP contribution in [0.5, 0.6) is 0 Å². The first-order chi connectivity index (χ1) is 22.0. The first-order valence-electron chi connectivity index (χ1n) is 15.7. The number of fused-ring (bicyclic) bond motifs is 3. The highest BCUT2D eigenvalue weighted by atomic mass is 15.2. The SMILES string of the molecule is C=Cc1cccc(N(C2=CC3C(C=C2)c2ccc(N(c4ccccc4)c4cccc(C=C)c4)cc2C3(C)C)c2ccccc2)c1. The fourth-order valence-electron chi connectivity index (χ4n) is 7.11. The van der Waals surface area contributed by atoms with E-state index < -0.39 is 0 Å². The highest BCUT2D eigenvalue weighted by Crippen LogP contribution is 2.55. The van der Waals surface area contributed by atoms with E-state index in [1.54, 1.807) is 0 Å². The van der Waals surface area contributed by atoms with Crippen molar-refractivity contribution in [3.63, 3.8) is 0 Å². The van der Waals surface area contributed by atoms with Gasteiger partial charge in [-0.1, -0.05) is 118 Å². The minimum absolute atomic E-state index is 0.0807. The molecule has 0 amide bonds. The summed E-state index contributed by atoms with van der Waals surface area (Å²) in [6, 6.07) is 45.5. The Labute approximate surface area is 267 Å². The van der Waals surface area contributed by atoms with Gasteiger partial charge in [-0.05, 0) is 100 Å². The molecule has 0 spiro atoms. The summed E-state index contributed by atoms with van der Waals surface area (Å²) in [6.45, 7) is 12.8. The molecule has 220 valence electrons. The lowest BCUT2D eigenvalue weighted by molar-refractivity contribution is 0.392. The lowest BCUT2D eigenvalue weighted by Crippen LogP contribution is -2.28. The van der Waals surface area contributed by atoms with Crippen LogP contribution in [0.15, 0.2) is 164 Å². The zero-order valence-corrected chi connectivity index (χ0v) is 26.0. The number of hydrogen-bond donors (Lipinski definition) is 0. The van der Waals surface area contributed by atoms with Crippen LogP contribution < -0.4 is 9.80 Å². The predicted octanol–water partition coefficient (Wildman–Crippen LogP) is 11.7. The summed E-state index contributed by atoms with van der Waals surface area (Å²) in [6.07, 6.45) is 11.1. The van der Waals surface area contributed by atoms with Crippen molar-refractivity contribution < 1.29 is 0 Å². The predicted molar refractivity (Wildman–Crippen MR) is 193 cm³/mol. The topological polar surface area (TPSA) is 6.48 Å². The van der Waals surface area contributed by atoms with Crippen LogP contribution >= 0.6 is 0 Å². The molecule has 2 unspecified atom stereocenters. The first kappa shape index (κ1) is 28.4. The molecule has 5 aromatic carbocycles. The van der Waals surface area contributed by atoms with Crippen LogP contribution in [0.3, 0.4) is 0 Å². The van der Waals surface area contributed by atoms with Crippen molar-refractivity contribution in [1.82, 2.24) is 0 Å². The summed E-state index contributed by atoms with van der Waals surface area (Å²) >= 11 is 0. The van der Waals surface area contributed by atoms with Crippen molar-refractivity contribution in [2.75, 3.05) is 9.80 Å².